The van der Waals surface area contributed by atoms with Crippen molar-refractivity contribution in [1.29, 1.82) is 0 Å². The maximum atomic E-state index is 12.1. The van der Waals surface area contributed by atoms with Gasteiger partial charge in [-0.2, -0.15) is 0 Å². The zero-order valence-electron chi connectivity index (χ0n) is 14.2. The van der Waals surface area contributed by atoms with Crippen LogP contribution >= 0.6 is 0 Å². The third-order valence-electron chi connectivity index (χ3n) is 4.51. The van der Waals surface area contributed by atoms with Crippen molar-refractivity contribution in [2.75, 3.05) is 6.54 Å². The first-order valence-corrected chi connectivity index (χ1v) is 8.86. The molecule has 5 heteroatoms. The molecular formula is C17H33N3O2. The molecule has 128 valence electrons. The largest absolute Gasteiger partial charge is 0.350 e. The lowest BCUT2D eigenvalue weighted by Gasteiger charge is -2.23. The molecule has 1 aliphatic rings. The molecular weight excluding hydrogens is 278 g/mol. The zero-order chi connectivity index (χ0) is 16.4. The molecule has 1 rings (SSSR count). The summed E-state index contributed by atoms with van der Waals surface area (Å²) in [5.41, 5.74) is 5.68. The van der Waals surface area contributed by atoms with Gasteiger partial charge < -0.3 is 16.4 Å². The quantitative estimate of drug-likeness (QED) is 0.609. The fourth-order valence-electron chi connectivity index (χ4n) is 3.05. The Balaban J connectivity index is 2.30. The molecule has 0 aromatic heterocycles. The summed E-state index contributed by atoms with van der Waals surface area (Å²) in [4.78, 5) is 24.2. The van der Waals surface area contributed by atoms with Gasteiger partial charge in [0.1, 0.15) is 6.04 Å². The Morgan fingerprint density at radius 2 is 1.86 bits per heavy atom. The average molecular weight is 311 g/mol. The highest BCUT2D eigenvalue weighted by Crippen LogP contribution is 2.26. The van der Waals surface area contributed by atoms with Gasteiger partial charge in [-0.3, -0.25) is 9.59 Å². The second kappa shape index (κ2) is 10.6. The molecule has 0 spiro atoms. The highest BCUT2D eigenvalue weighted by molar-refractivity contribution is 5.87. The SMILES string of the molecule is CCCCC(CN)NC(=O)C(C)NC(=O)CC1CCCCC1. The normalized spacial score (nSPS) is 18.5. The fraction of sp³-hybridized carbons (Fsp3) is 0.882. The smallest absolute Gasteiger partial charge is 0.242 e. The van der Waals surface area contributed by atoms with E-state index in [2.05, 4.69) is 17.6 Å². The topological polar surface area (TPSA) is 84.2 Å². The van der Waals surface area contributed by atoms with Crippen LogP contribution in [0.3, 0.4) is 0 Å². The fourth-order valence-corrected chi connectivity index (χ4v) is 3.05. The molecule has 1 fully saturated rings. The molecule has 0 aromatic rings. The van der Waals surface area contributed by atoms with Crippen LogP contribution in [0.4, 0.5) is 0 Å². The van der Waals surface area contributed by atoms with Crippen LogP contribution in [0.2, 0.25) is 0 Å². The second-order valence-electron chi connectivity index (χ2n) is 6.58. The summed E-state index contributed by atoms with van der Waals surface area (Å²) in [5, 5.41) is 5.75. The monoisotopic (exact) mass is 311 g/mol. The summed E-state index contributed by atoms with van der Waals surface area (Å²) in [6.07, 6.45) is 9.59. The van der Waals surface area contributed by atoms with Crippen molar-refractivity contribution >= 4 is 11.8 Å². The number of carbonyl (C=O) groups is 2. The van der Waals surface area contributed by atoms with Crippen molar-refractivity contribution in [2.24, 2.45) is 11.7 Å². The number of amides is 2. The number of hydrogen-bond acceptors (Lipinski definition) is 3. The minimum atomic E-state index is -0.494. The predicted octanol–water partition coefficient (Wildman–Crippen LogP) is 2.10. The third-order valence-corrected chi connectivity index (χ3v) is 4.51. The van der Waals surface area contributed by atoms with Gasteiger partial charge in [-0.05, 0) is 32.1 Å². The van der Waals surface area contributed by atoms with E-state index in [0.717, 1.165) is 32.1 Å². The van der Waals surface area contributed by atoms with E-state index in [1.54, 1.807) is 6.92 Å². The Labute approximate surface area is 134 Å². The van der Waals surface area contributed by atoms with E-state index in [1.807, 2.05) is 0 Å². The zero-order valence-corrected chi connectivity index (χ0v) is 14.2. The molecule has 22 heavy (non-hydrogen) atoms. The summed E-state index contributed by atoms with van der Waals surface area (Å²) >= 11 is 0. The van der Waals surface area contributed by atoms with Crippen LogP contribution in [0.15, 0.2) is 0 Å². The Hall–Kier alpha value is -1.10. The van der Waals surface area contributed by atoms with E-state index in [4.69, 9.17) is 5.73 Å². The van der Waals surface area contributed by atoms with E-state index in [0.29, 0.717) is 18.9 Å². The molecule has 0 heterocycles. The van der Waals surface area contributed by atoms with Gasteiger partial charge in [-0.1, -0.05) is 39.0 Å². The first-order chi connectivity index (χ1) is 10.6. The lowest BCUT2D eigenvalue weighted by atomic mass is 9.87. The minimum Gasteiger partial charge on any atom is -0.350 e. The first-order valence-electron chi connectivity index (χ1n) is 8.86. The van der Waals surface area contributed by atoms with E-state index in [-0.39, 0.29) is 17.9 Å². The molecule has 4 N–H and O–H groups in total. The summed E-state index contributed by atoms with van der Waals surface area (Å²) in [5.74, 6) is 0.348. The van der Waals surface area contributed by atoms with Crippen molar-refractivity contribution < 1.29 is 9.59 Å². The summed E-state index contributed by atoms with van der Waals surface area (Å²) in [6, 6.07) is -0.489. The van der Waals surface area contributed by atoms with Gasteiger partial charge in [0.2, 0.25) is 11.8 Å². The molecule has 2 atom stereocenters. The summed E-state index contributed by atoms with van der Waals surface area (Å²) in [7, 11) is 0. The van der Waals surface area contributed by atoms with Gasteiger partial charge in [0.25, 0.3) is 0 Å². The lowest BCUT2D eigenvalue weighted by molar-refractivity contribution is -0.129. The van der Waals surface area contributed by atoms with Gasteiger partial charge in [0.15, 0.2) is 0 Å². The number of carbonyl (C=O) groups excluding carboxylic acids is 2. The first kappa shape index (κ1) is 18.9. The summed E-state index contributed by atoms with van der Waals surface area (Å²) < 4.78 is 0. The van der Waals surface area contributed by atoms with Crippen molar-refractivity contribution in [1.82, 2.24) is 10.6 Å². The van der Waals surface area contributed by atoms with Gasteiger partial charge >= 0.3 is 0 Å². The predicted molar refractivity (Wildman–Crippen MR) is 89.3 cm³/mol. The van der Waals surface area contributed by atoms with Gasteiger partial charge in [-0.25, -0.2) is 0 Å². The minimum absolute atomic E-state index is 0.00477. The second-order valence-corrected chi connectivity index (χ2v) is 6.58. The maximum Gasteiger partial charge on any atom is 0.242 e. The Kier molecular flexibility index (Phi) is 9.13. The van der Waals surface area contributed by atoms with Crippen LogP contribution in [0, 0.1) is 5.92 Å². The van der Waals surface area contributed by atoms with Crippen molar-refractivity contribution in [3.05, 3.63) is 0 Å². The van der Waals surface area contributed by atoms with Crippen LogP contribution in [0.25, 0.3) is 0 Å². The Morgan fingerprint density at radius 3 is 2.45 bits per heavy atom. The highest BCUT2D eigenvalue weighted by atomic mass is 16.2. The van der Waals surface area contributed by atoms with E-state index in [1.165, 1.54) is 19.3 Å². The number of hydrogen-bond donors (Lipinski definition) is 3. The summed E-state index contributed by atoms with van der Waals surface area (Å²) in [6.45, 7) is 4.29. The number of nitrogens with one attached hydrogen (secondary N) is 2. The molecule has 2 unspecified atom stereocenters. The molecule has 1 aliphatic carbocycles. The van der Waals surface area contributed by atoms with Crippen molar-refractivity contribution in [3.63, 3.8) is 0 Å². The number of unbranched alkanes of at least 4 members (excludes halogenated alkanes) is 1. The van der Waals surface area contributed by atoms with Crippen LogP contribution in [0.5, 0.6) is 0 Å². The van der Waals surface area contributed by atoms with E-state index >= 15 is 0 Å². The maximum absolute atomic E-state index is 12.1. The van der Waals surface area contributed by atoms with Crippen LogP contribution in [-0.2, 0) is 9.59 Å². The lowest BCUT2D eigenvalue weighted by Crippen LogP contribution is -2.50. The number of rotatable bonds is 9. The average Bonchev–Trinajstić information content (AvgIpc) is 2.51. The van der Waals surface area contributed by atoms with Gasteiger partial charge in [0, 0.05) is 19.0 Å². The van der Waals surface area contributed by atoms with E-state index in [9.17, 15) is 9.59 Å². The molecule has 0 radical (unpaired) electrons. The Morgan fingerprint density at radius 1 is 1.18 bits per heavy atom. The molecule has 0 saturated heterocycles. The Bertz CT molecular complexity index is 341. The molecule has 2 amide bonds. The molecule has 0 aromatic carbocycles. The molecule has 0 aliphatic heterocycles. The molecule has 5 nitrogen and oxygen atoms in total. The molecule has 0 bridgehead atoms. The van der Waals surface area contributed by atoms with Crippen LogP contribution in [-0.4, -0.2) is 30.4 Å². The van der Waals surface area contributed by atoms with Crippen LogP contribution < -0.4 is 16.4 Å². The third kappa shape index (κ3) is 7.25. The van der Waals surface area contributed by atoms with Crippen molar-refractivity contribution in [3.8, 4) is 0 Å². The van der Waals surface area contributed by atoms with Gasteiger partial charge in [-0.15, -0.1) is 0 Å². The number of nitrogens with two attached hydrogens (primary N) is 1. The van der Waals surface area contributed by atoms with Crippen LogP contribution in [0.1, 0.15) is 71.6 Å². The highest BCUT2D eigenvalue weighted by Gasteiger charge is 2.21. The van der Waals surface area contributed by atoms with Crippen molar-refractivity contribution in [2.45, 2.75) is 83.7 Å². The molecule has 1 saturated carbocycles. The standard InChI is InChI=1S/C17H33N3O2/c1-3-4-10-15(12-18)20-17(22)13(2)19-16(21)11-14-8-6-5-7-9-14/h13-15H,3-12,18H2,1-2H3,(H,19,21)(H,20,22). The van der Waals surface area contributed by atoms with Gasteiger partial charge in [0.05, 0.1) is 0 Å². The van der Waals surface area contributed by atoms with E-state index < -0.39 is 6.04 Å².